The van der Waals surface area contributed by atoms with Gasteiger partial charge in [-0.2, -0.15) is 0 Å². The van der Waals surface area contributed by atoms with Crippen LogP contribution in [-0.4, -0.2) is 24.2 Å². The molecule has 0 spiro atoms. The summed E-state index contributed by atoms with van der Waals surface area (Å²) in [6, 6.07) is 5.88. The minimum atomic E-state index is -0.836. The quantitative estimate of drug-likeness (QED) is 0.707. The number of nitrogens with zero attached hydrogens (tertiary/aromatic N) is 2. The second-order valence-corrected chi connectivity index (χ2v) is 5.65. The van der Waals surface area contributed by atoms with E-state index in [1.807, 2.05) is 0 Å². The van der Waals surface area contributed by atoms with Gasteiger partial charge in [0.2, 0.25) is 0 Å². The Morgan fingerprint density at radius 3 is 2.58 bits per heavy atom. The van der Waals surface area contributed by atoms with Gasteiger partial charge in [0.25, 0.3) is 0 Å². The van der Waals surface area contributed by atoms with Crippen LogP contribution in [0.2, 0.25) is 0 Å². The first-order valence-electron chi connectivity index (χ1n) is 6.82. The maximum atomic E-state index is 14.3. The van der Waals surface area contributed by atoms with E-state index in [2.05, 4.69) is 31.2 Å². The van der Waals surface area contributed by atoms with Gasteiger partial charge in [-0.1, -0.05) is 0 Å². The van der Waals surface area contributed by atoms with Crippen LogP contribution < -0.4 is 14.8 Å². The van der Waals surface area contributed by atoms with Crippen LogP contribution in [0.4, 0.5) is 20.3 Å². The number of ether oxygens (including phenoxy) is 2. The molecule has 0 saturated heterocycles. The predicted molar refractivity (Wildman–Crippen MR) is 90.0 cm³/mol. The average molecular weight is 396 g/mol. The highest BCUT2D eigenvalue weighted by atomic mass is 79.9. The van der Waals surface area contributed by atoms with Crippen molar-refractivity contribution in [3.05, 3.63) is 46.7 Å². The summed E-state index contributed by atoms with van der Waals surface area (Å²) in [5, 5.41) is 3.49. The second kappa shape index (κ2) is 6.56. The molecule has 2 aromatic carbocycles. The monoisotopic (exact) mass is 395 g/mol. The molecular weight excluding hydrogens is 384 g/mol. The molecule has 3 aromatic rings. The first-order valence-corrected chi connectivity index (χ1v) is 7.61. The van der Waals surface area contributed by atoms with Crippen LogP contribution in [0.1, 0.15) is 0 Å². The molecule has 0 aliphatic carbocycles. The average Bonchev–Trinajstić information content (AvgIpc) is 2.58. The number of benzene rings is 2. The molecule has 0 radical (unpaired) electrons. The van der Waals surface area contributed by atoms with Crippen LogP contribution in [0.15, 0.2) is 35.1 Å². The third-order valence-corrected chi connectivity index (χ3v) is 4.03. The van der Waals surface area contributed by atoms with Gasteiger partial charge in [-0.15, -0.1) is 0 Å². The highest BCUT2D eigenvalue weighted by molar-refractivity contribution is 9.10. The Bertz CT molecular complexity index is 921. The normalized spacial score (nSPS) is 10.7. The third kappa shape index (κ3) is 2.84. The number of anilines is 2. The molecule has 0 saturated carbocycles. The number of rotatable bonds is 4. The van der Waals surface area contributed by atoms with E-state index in [1.165, 1.54) is 19.5 Å². The van der Waals surface area contributed by atoms with Crippen molar-refractivity contribution in [1.82, 2.24) is 9.97 Å². The van der Waals surface area contributed by atoms with Crippen molar-refractivity contribution in [1.29, 1.82) is 0 Å². The molecule has 1 heterocycles. The van der Waals surface area contributed by atoms with Gasteiger partial charge >= 0.3 is 0 Å². The van der Waals surface area contributed by atoms with Gasteiger partial charge in [-0.3, -0.25) is 0 Å². The van der Waals surface area contributed by atoms with Crippen molar-refractivity contribution in [3.63, 3.8) is 0 Å². The summed E-state index contributed by atoms with van der Waals surface area (Å²) in [5.74, 6) is -1.09. The minimum absolute atomic E-state index is 0.0418. The van der Waals surface area contributed by atoms with Gasteiger partial charge in [0.05, 0.1) is 29.9 Å². The fourth-order valence-corrected chi connectivity index (χ4v) is 2.76. The Balaban J connectivity index is 2.10. The van der Waals surface area contributed by atoms with Crippen LogP contribution in [0.25, 0.3) is 10.9 Å². The lowest BCUT2D eigenvalue weighted by Crippen LogP contribution is -2.01. The maximum Gasteiger partial charge on any atom is 0.192 e. The number of hydrogen-bond acceptors (Lipinski definition) is 5. The molecule has 124 valence electrons. The summed E-state index contributed by atoms with van der Waals surface area (Å²) in [7, 11) is 2.75. The standard InChI is InChI=1S/C16H12BrF2N3O2/c1-23-13-6-12-8(5-9(13)17)16(21-7-20-12)22-11-4-3-10(18)15(24-2)14(11)19/h3-7H,1-2H3,(H,20,21,22). The zero-order chi connectivity index (χ0) is 17.3. The van der Waals surface area contributed by atoms with Gasteiger partial charge in [0, 0.05) is 11.5 Å². The maximum absolute atomic E-state index is 14.3. The summed E-state index contributed by atoms with van der Waals surface area (Å²) >= 11 is 3.39. The molecule has 1 N–H and O–H groups in total. The second-order valence-electron chi connectivity index (χ2n) is 4.79. The van der Waals surface area contributed by atoms with Gasteiger partial charge in [-0.05, 0) is 34.1 Å². The highest BCUT2D eigenvalue weighted by Crippen LogP contribution is 2.34. The van der Waals surface area contributed by atoms with Crippen molar-refractivity contribution in [3.8, 4) is 11.5 Å². The van der Waals surface area contributed by atoms with E-state index in [9.17, 15) is 8.78 Å². The molecule has 0 aliphatic heterocycles. The van der Waals surface area contributed by atoms with E-state index in [1.54, 1.807) is 19.2 Å². The predicted octanol–water partition coefficient (Wildman–Crippen LogP) is 4.43. The highest BCUT2D eigenvalue weighted by Gasteiger charge is 2.16. The Morgan fingerprint density at radius 2 is 1.88 bits per heavy atom. The first-order chi connectivity index (χ1) is 11.5. The lowest BCUT2D eigenvalue weighted by molar-refractivity contribution is 0.361. The number of nitrogens with one attached hydrogen (secondary N) is 1. The molecule has 24 heavy (non-hydrogen) atoms. The summed E-state index contributed by atoms with van der Waals surface area (Å²) in [5.41, 5.74) is 0.655. The minimum Gasteiger partial charge on any atom is -0.495 e. The molecule has 8 heteroatoms. The Kier molecular flexibility index (Phi) is 4.48. The SMILES string of the molecule is COc1cc2ncnc(Nc3ccc(F)c(OC)c3F)c2cc1Br. The van der Waals surface area contributed by atoms with Crippen LogP contribution in [-0.2, 0) is 0 Å². The van der Waals surface area contributed by atoms with Gasteiger partial charge in [0.1, 0.15) is 17.9 Å². The Labute approximate surface area is 144 Å². The molecule has 0 bridgehead atoms. The fraction of sp³-hybridized carbons (Fsp3) is 0.125. The van der Waals surface area contributed by atoms with Gasteiger partial charge in [-0.25, -0.2) is 18.7 Å². The molecule has 0 unspecified atom stereocenters. The first kappa shape index (κ1) is 16.4. The lowest BCUT2D eigenvalue weighted by atomic mass is 10.2. The third-order valence-electron chi connectivity index (χ3n) is 3.42. The summed E-state index contributed by atoms with van der Waals surface area (Å²) < 4.78 is 38.5. The van der Waals surface area contributed by atoms with E-state index >= 15 is 0 Å². The molecule has 5 nitrogen and oxygen atoms in total. The Morgan fingerprint density at radius 1 is 1.08 bits per heavy atom. The molecule has 0 aliphatic rings. The smallest absolute Gasteiger partial charge is 0.192 e. The molecule has 0 atom stereocenters. The molecular formula is C16H12BrF2N3O2. The van der Waals surface area contributed by atoms with E-state index in [-0.39, 0.29) is 5.69 Å². The number of fused-ring (bicyclic) bond motifs is 1. The fourth-order valence-electron chi connectivity index (χ4n) is 2.26. The molecule has 1 aromatic heterocycles. The largest absolute Gasteiger partial charge is 0.495 e. The molecule has 0 amide bonds. The molecule has 3 rings (SSSR count). The van der Waals surface area contributed by atoms with E-state index < -0.39 is 17.4 Å². The van der Waals surface area contributed by atoms with E-state index in [4.69, 9.17) is 9.47 Å². The van der Waals surface area contributed by atoms with E-state index in [0.29, 0.717) is 26.9 Å². The summed E-state index contributed by atoms with van der Waals surface area (Å²) in [6.45, 7) is 0. The van der Waals surface area contributed by atoms with Crippen molar-refractivity contribution >= 4 is 38.3 Å². The number of aromatic nitrogens is 2. The van der Waals surface area contributed by atoms with Crippen LogP contribution in [0.3, 0.4) is 0 Å². The Hall–Kier alpha value is -2.48. The molecule has 0 fully saturated rings. The summed E-state index contributed by atoms with van der Waals surface area (Å²) in [4.78, 5) is 8.31. The number of methoxy groups -OCH3 is 2. The van der Waals surface area contributed by atoms with Crippen LogP contribution in [0.5, 0.6) is 11.5 Å². The number of halogens is 3. The van der Waals surface area contributed by atoms with Crippen molar-refractivity contribution in [2.24, 2.45) is 0 Å². The van der Waals surface area contributed by atoms with Crippen LogP contribution in [0, 0.1) is 11.6 Å². The van der Waals surface area contributed by atoms with Crippen molar-refractivity contribution in [2.75, 3.05) is 19.5 Å². The van der Waals surface area contributed by atoms with Gasteiger partial charge in [0.15, 0.2) is 17.4 Å². The van der Waals surface area contributed by atoms with E-state index in [0.717, 1.165) is 6.07 Å². The lowest BCUT2D eigenvalue weighted by Gasteiger charge is -2.12. The summed E-state index contributed by atoms with van der Waals surface area (Å²) in [6.07, 6.45) is 1.34. The number of hydrogen-bond donors (Lipinski definition) is 1. The van der Waals surface area contributed by atoms with Crippen molar-refractivity contribution in [2.45, 2.75) is 0 Å². The zero-order valence-corrected chi connectivity index (χ0v) is 14.3. The van der Waals surface area contributed by atoms with Crippen molar-refractivity contribution < 1.29 is 18.3 Å². The van der Waals surface area contributed by atoms with Crippen LogP contribution >= 0.6 is 15.9 Å². The topological polar surface area (TPSA) is 56.3 Å². The van der Waals surface area contributed by atoms with Gasteiger partial charge < -0.3 is 14.8 Å². The zero-order valence-electron chi connectivity index (χ0n) is 12.7.